The third kappa shape index (κ3) is 4.75. The molecule has 0 spiro atoms. The van der Waals surface area contributed by atoms with Gasteiger partial charge in [-0.2, -0.15) is 0 Å². The molecule has 2 aromatic carbocycles. The molecule has 2 unspecified atom stereocenters. The van der Waals surface area contributed by atoms with Crippen LogP contribution in [0.25, 0.3) is 11.3 Å². The van der Waals surface area contributed by atoms with E-state index in [0.717, 1.165) is 36.1 Å². The van der Waals surface area contributed by atoms with Crippen LogP contribution in [0.5, 0.6) is 0 Å². The third-order valence-corrected chi connectivity index (χ3v) is 11.6. The second-order valence-corrected chi connectivity index (χ2v) is 13.0. The Kier molecular flexibility index (Phi) is 7.58. The Balaban J connectivity index is 1.49. The lowest BCUT2D eigenvalue weighted by molar-refractivity contribution is 0.00422. The SMILES string of the molecule is Cc1ccccc1C([SH]1C[C@H](O)[C@H](n2cc(-c3cc(F)c(F)c(F)c3)nn2)[C@@H](O)[C@H]1CO)C1(O)CCCC1. The second kappa shape index (κ2) is 10.6. The summed E-state index contributed by atoms with van der Waals surface area (Å²) in [5, 5.41) is 52.0. The fourth-order valence-electron chi connectivity index (χ4n) is 6.14. The second-order valence-electron chi connectivity index (χ2n) is 10.4. The first-order valence-corrected chi connectivity index (χ1v) is 14.4. The molecule has 3 aromatic rings. The summed E-state index contributed by atoms with van der Waals surface area (Å²) in [5.41, 5.74) is 0.949. The minimum Gasteiger partial charge on any atom is -0.395 e. The number of aryl methyl sites for hydroxylation is 1. The largest absolute Gasteiger partial charge is 0.395 e. The monoisotopic (exact) mass is 551 g/mol. The summed E-state index contributed by atoms with van der Waals surface area (Å²) in [6.45, 7) is 1.62. The van der Waals surface area contributed by atoms with E-state index in [9.17, 15) is 33.6 Å². The van der Waals surface area contributed by atoms with Crippen LogP contribution >= 0.6 is 10.9 Å². The van der Waals surface area contributed by atoms with Gasteiger partial charge in [0.25, 0.3) is 0 Å². The van der Waals surface area contributed by atoms with Crippen LogP contribution in [-0.4, -0.2) is 70.8 Å². The number of aromatic nitrogens is 3. The van der Waals surface area contributed by atoms with Crippen molar-refractivity contribution in [2.45, 2.75) is 67.0 Å². The smallest absolute Gasteiger partial charge is 0.194 e. The van der Waals surface area contributed by atoms with E-state index in [2.05, 4.69) is 10.3 Å². The van der Waals surface area contributed by atoms with Crippen molar-refractivity contribution >= 4 is 10.9 Å². The lowest BCUT2D eigenvalue weighted by Gasteiger charge is -2.51. The molecule has 38 heavy (non-hydrogen) atoms. The number of thiol groups is 1. The highest BCUT2D eigenvalue weighted by molar-refractivity contribution is 8.18. The summed E-state index contributed by atoms with van der Waals surface area (Å²) in [6, 6.07) is 8.39. The molecule has 1 aliphatic heterocycles. The van der Waals surface area contributed by atoms with Gasteiger partial charge in [-0.3, -0.25) is 0 Å². The van der Waals surface area contributed by atoms with Gasteiger partial charge in [0.15, 0.2) is 17.5 Å². The quantitative estimate of drug-likeness (QED) is 0.237. The molecular weight excluding hydrogens is 519 g/mol. The standard InChI is InChI=1S/C27H32F3N3O4S/c1-15-6-2-3-7-17(15)26(27(37)8-4-5-9-27)38-14-21(35)24(25(36)22(38)13-34)33-12-20(31-32-33)16-10-18(28)23(30)19(29)11-16/h2-3,6-7,10-12,21-22,24-26,34-38H,4-5,8-9,13-14H2,1H3/t21-,22+,24-,25-,26?/m0/s1. The van der Waals surface area contributed by atoms with Crippen LogP contribution in [-0.2, 0) is 0 Å². The van der Waals surface area contributed by atoms with Gasteiger partial charge >= 0.3 is 0 Å². The highest BCUT2D eigenvalue weighted by atomic mass is 32.2. The van der Waals surface area contributed by atoms with Crippen molar-refractivity contribution in [3.05, 3.63) is 71.2 Å². The Bertz CT molecular complexity index is 1280. The maximum atomic E-state index is 13.8. The Hall–Kier alpha value is -2.44. The molecule has 2 aliphatic rings. The van der Waals surface area contributed by atoms with Crippen LogP contribution in [0.1, 0.15) is 48.1 Å². The Labute approximate surface area is 221 Å². The van der Waals surface area contributed by atoms with Crippen LogP contribution in [0.2, 0.25) is 0 Å². The van der Waals surface area contributed by atoms with E-state index in [-0.39, 0.29) is 28.9 Å². The molecule has 7 nitrogen and oxygen atoms in total. The van der Waals surface area contributed by atoms with E-state index < -0.39 is 57.4 Å². The van der Waals surface area contributed by atoms with Crippen molar-refractivity contribution in [2.75, 3.05) is 12.4 Å². The molecule has 0 amide bonds. The van der Waals surface area contributed by atoms with Gasteiger partial charge < -0.3 is 20.4 Å². The molecule has 11 heteroatoms. The molecule has 5 rings (SSSR count). The number of aliphatic hydroxyl groups excluding tert-OH is 3. The van der Waals surface area contributed by atoms with Gasteiger partial charge in [-0.15, -0.1) is 5.10 Å². The summed E-state index contributed by atoms with van der Waals surface area (Å²) >= 11 is 0. The molecule has 206 valence electrons. The first kappa shape index (κ1) is 27.1. The Morgan fingerprint density at radius 2 is 1.76 bits per heavy atom. The highest BCUT2D eigenvalue weighted by Gasteiger charge is 2.51. The molecule has 1 saturated carbocycles. The number of halogens is 3. The van der Waals surface area contributed by atoms with Crippen molar-refractivity contribution in [3.8, 4) is 11.3 Å². The fraction of sp³-hybridized carbons (Fsp3) is 0.481. The topological polar surface area (TPSA) is 112 Å². The van der Waals surface area contributed by atoms with E-state index in [4.69, 9.17) is 0 Å². The number of rotatable bonds is 6. The lowest BCUT2D eigenvalue weighted by atomic mass is 9.90. The van der Waals surface area contributed by atoms with Gasteiger partial charge in [-0.05, 0) is 43.0 Å². The van der Waals surface area contributed by atoms with Crippen molar-refractivity contribution in [3.63, 3.8) is 0 Å². The van der Waals surface area contributed by atoms with Crippen LogP contribution < -0.4 is 0 Å². The number of nitrogens with zero attached hydrogens (tertiary/aromatic N) is 3. The molecular formula is C27H32F3N3O4S. The van der Waals surface area contributed by atoms with E-state index in [1.807, 2.05) is 31.2 Å². The minimum atomic E-state index is -1.59. The predicted octanol–water partition coefficient (Wildman–Crippen LogP) is 3.36. The van der Waals surface area contributed by atoms with Crippen molar-refractivity contribution < 1.29 is 33.6 Å². The minimum absolute atomic E-state index is 0.0358. The summed E-state index contributed by atoms with van der Waals surface area (Å²) in [6.07, 6.45) is 1.98. The van der Waals surface area contributed by atoms with Crippen LogP contribution in [0, 0.1) is 24.4 Å². The van der Waals surface area contributed by atoms with Crippen LogP contribution in [0.15, 0.2) is 42.6 Å². The number of hydrogen-bond donors (Lipinski definition) is 5. The first-order chi connectivity index (χ1) is 18.1. The molecule has 4 N–H and O–H groups in total. The van der Waals surface area contributed by atoms with E-state index in [0.29, 0.717) is 12.8 Å². The van der Waals surface area contributed by atoms with Crippen molar-refractivity contribution in [1.82, 2.24) is 15.0 Å². The lowest BCUT2D eigenvalue weighted by Crippen LogP contribution is -2.52. The third-order valence-electron chi connectivity index (χ3n) is 8.04. The normalized spacial score (nSPS) is 28.9. The van der Waals surface area contributed by atoms with Gasteiger partial charge in [0.05, 0.1) is 30.6 Å². The molecule has 0 radical (unpaired) electrons. The van der Waals surface area contributed by atoms with Gasteiger partial charge in [0.2, 0.25) is 0 Å². The predicted molar refractivity (Wildman–Crippen MR) is 138 cm³/mol. The number of benzene rings is 2. The molecule has 6 atom stereocenters. The van der Waals surface area contributed by atoms with Gasteiger partial charge in [0, 0.05) is 21.8 Å². The van der Waals surface area contributed by atoms with Gasteiger partial charge in [0.1, 0.15) is 11.7 Å². The van der Waals surface area contributed by atoms with Crippen molar-refractivity contribution in [1.29, 1.82) is 0 Å². The van der Waals surface area contributed by atoms with Gasteiger partial charge in [-0.1, -0.05) is 42.3 Å². The molecule has 1 saturated heterocycles. The number of aliphatic hydroxyl groups is 4. The summed E-state index contributed by atoms with van der Waals surface area (Å²) in [4.78, 5) is 0. The molecule has 1 aromatic heterocycles. The average Bonchev–Trinajstić information content (AvgIpc) is 3.54. The van der Waals surface area contributed by atoms with Crippen molar-refractivity contribution in [2.24, 2.45) is 0 Å². The maximum Gasteiger partial charge on any atom is 0.194 e. The summed E-state index contributed by atoms with van der Waals surface area (Å²) < 4.78 is 42.1. The van der Waals surface area contributed by atoms with E-state index >= 15 is 0 Å². The molecule has 0 bridgehead atoms. The zero-order valence-electron chi connectivity index (χ0n) is 20.9. The first-order valence-electron chi connectivity index (χ1n) is 12.7. The van der Waals surface area contributed by atoms with Gasteiger partial charge in [-0.25, -0.2) is 28.7 Å². The Morgan fingerprint density at radius 1 is 1.11 bits per heavy atom. The van der Waals surface area contributed by atoms with Crippen LogP contribution in [0.4, 0.5) is 13.2 Å². The maximum absolute atomic E-state index is 13.8. The molecule has 1 aliphatic carbocycles. The zero-order chi connectivity index (χ0) is 27.2. The molecule has 2 heterocycles. The average molecular weight is 552 g/mol. The fourth-order valence-corrected chi connectivity index (χ4v) is 9.96. The molecule has 2 fully saturated rings. The van der Waals surface area contributed by atoms with Crippen LogP contribution in [0.3, 0.4) is 0 Å². The zero-order valence-corrected chi connectivity index (χ0v) is 21.8. The van der Waals surface area contributed by atoms with E-state index in [1.165, 1.54) is 10.9 Å². The summed E-state index contributed by atoms with van der Waals surface area (Å²) in [7, 11) is -1.30. The Morgan fingerprint density at radius 3 is 2.39 bits per heavy atom. The highest BCUT2D eigenvalue weighted by Crippen LogP contribution is 2.60. The van der Waals surface area contributed by atoms with E-state index in [1.54, 1.807) is 0 Å². The number of hydrogen-bond acceptors (Lipinski definition) is 6. The summed E-state index contributed by atoms with van der Waals surface area (Å²) in [5.74, 6) is -4.10.